The van der Waals surface area contributed by atoms with Crippen molar-refractivity contribution >= 4 is 5.97 Å². The maximum Gasteiger partial charge on any atom is 0.310 e. The van der Waals surface area contributed by atoms with Gasteiger partial charge in [0.1, 0.15) is 0 Å². The van der Waals surface area contributed by atoms with Crippen molar-refractivity contribution in [3.05, 3.63) is 35.4 Å². The van der Waals surface area contributed by atoms with Crippen molar-refractivity contribution in [2.45, 2.75) is 32.6 Å². The molecule has 1 rings (SSSR count). The highest BCUT2D eigenvalue weighted by Crippen LogP contribution is 2.21. The van der Waals surface area contributed by atoms with Crippen molar-refractivity contribution in [3.8, 4) is 0 Å². The quantitative estimate of drug-likeness (QED) is 0.796. The molecule has 0 bridgehead atoms. The zero-order chi connectivity index (χ0) is 10.6. The number of hydrogen-bond acceptors (Lipinski definition) is 1. The van der Waals surface area contributed by atoms with Crippen LogP contribution in [0, 0.1) is 0 Å². The first-order valence-corrected chi connectivity index (χ1v) is 4.97. The van der Waals surface area contributed by atoms with Gasteiger partial charge in [-0.2, -0.15) is 0 Å². The second kappa shape index (κ2) is 4.80. The van der Waals surface area contributed by atoms with Gasteiger partial charge in [-0.15, -0.1) is 0 Å². The molecule has 0 aliphatic rings. The van der Waals surface area contributed by atoms with E-state index in [2.05, 4.69) is 6.92 Å². The number of aliphatic carboxylic acids is 1. The van der Waals surface area contributed by atoms with Gasteiger partial charge in [-0.05, 0) is 24.5 Å². The van der Waals surface area contributed by atoms with Gasteiger partial charge in [0.2, 0.25) is 0 Å². The van der Waals surface area contributed by atoms with E-state index in [9.17, 15) is 4.79 Å². The number of rotatable bonds is 4. The number of hydrogen-bond donors (Lipinski definition) is 1. The van der Waals surface area contributed by atoms with Crippen LogP contribution in [0.15, 0.2) is 24.3 Å². The van der Waals surface area contributed by atoms with E-state index in [0.29, 0.717) is 0 Å². The molecule has 2 nitrogen and oxygen atoms in total. The standard InChI is InChI=1S/C12H16O2/c1-3-6-10-7-4-5-8-11(10)9(2)12(13)14/h4-5,7-9H,3,6H2,1-2H3,(H,13,14). The van der Waals surface area contributed by atoms with Crippen LogP contribution in [-0.4, -0.2) is 11.1 Å². The fourth-order valence-corrected chi connectivity index (χ4v) is 1.59. The summed E-state index contributed by atoms with van der Waals surface area (Å²) in [7, 11) is 0. The van der Waals surface area contributed by atoms with Crippen molar-refractivity contribution in [1.82, 2.24) is 0 Å². The van der Waals surface area contributed by atoms with Gasteiger partial charge in [0.05, 0.1) is 5.92 Å². The van der Waals surface area contributed by atoms with Crippen molar-refractivity contribution < 1.29 is 9.90 Å². The van der Waals surface area contributed by atoms with Crippen molar-refractivity contribution in [2.24, 2.45) is 0 Å². The van der Waals surface area contributed by atoms with E-state index < -0.39 is 11.9 Å². The summed E-state index contributed by atoms with van der Waals surface area (Å²) in [5.74, 6) is -1.16. The van der Waals surface area contributed by atoms with E-state index in [1.54, 1.807) is 6.92 Å². The number of carboxylic acids is 1. The largest absolute Gasteiger partial charge is 0.481 e. The smallest absolute Gasteiger partial charge is 0.310 e. The molecule has 0 aromatic heterocycles. The van der Waals surface area contributed by atoms with Crippen molar-refractivity contribution in [2.75, 3.05) is 0 Å². The molecule has 1 N–H and O–H groups in total. The Bertz CT molecular complexity index is 318. The van der Waals surface area contributed by atoms with Crippen LogP contribution in [0.2, 0.25) is 0 Å². The SMILES string of the molecule is CCCc1ccccc1C(C)C(=O)O. The topological polar surface area (TPSA) is 37.3 Å². The van der Waals surface area contributed by atoms with E-state index >= 15 is 0 Å². The second-order valence-electron chi connectivity index (χ2n) is 3.51. The molecule has 1 aromatic rings. The molecule has 0 radical (unpaired) electrons. The van der Waals surface area contributed by atoms with Gasteiger partial charge in [-0.3, -0.25) is 4.79 Å². The Morgan fingerprint density at radius 2 is 2.07 bits per heavy atom. The minimum atomic E-state index is -0.756. The lowest BCUT2D eigenvalue weighted by atomic mass is 9.93. The second-order valence-corrected chi connectivity index (χ2v) is 3.51. The van der Waals surface area contributed by atoms with Crippen LogP contribution >= 0.6 is 0 Å². The van der Waals surface area contributed by atoms with Crippen LogP contribution in [0.1, 0.15) is 37.3 Å². The van der Waals surface area contributed by atoms with E-state index in [1.165, 1.54) is 0 Å². The Hall–Kier alpha value is -1.31. The van der Waals surface area contributed by atoms with Gasteiger partial charge in [0.25, 0.3) is 0 Å². The summed E-state index contributed by atoms with van der Waals surface area (Å²) >= 11 is 0. The third-order valence-corrected chi connectivity index (χ3v) is 2.41. The molecule has 0 amide bonds. The van der Waals surface area contributed by atoms with Crippen LogP contribution < -0.4 is 0 Å². The van der Waals surface area contributed by atoms with Gasteiger partial charge in [-0.1, -0.05) is 37.6 Å². The molecular weight excluding hydrogens is 176 g/mol. The molecule has 0 fully saturated rings. The Labute approximate surface area is 84.6 Å². The minimum absolute atomic E-state index is 0.405. The van der Waals surface area contributed by atoms with Gasteiger partial charge >= 0.3 is 5.97 Å². The number of benzene rings is 1. The first-order chi connectivity index (χ1) is 6.66. The Morgan fingerprint density at radius 1 is 1.43 bits per heavy atom. The van der Waals surface area contributed by atoms with Gasteiger partial charge < -0.3 is 5.11 Å². The lowest BCUT2D eigenvalue weighted by molar-refractivity contribution is -0.138. The van der Waals surface area contributed by atoms with Crippen LogP contribution in [0.3, 0.4) is 0 Å². The molecule has 0 spiro atoms. The molecule has 0 aliphatic carbocycles. The van der Waals surface area contributed by atoms with Gasteiger partial charge in [-0.25, -0.2) is 0 Å². The van der Waals surface area contributed by atoms with E-state index in [4.69, 9.17) is 5.11 Å². The molecule has 0 aliphatic heterocycles. The number of carboxylic acid groups (broad SMARTS) is 1. The number of aryl methyl sites for hydroxylation is 1. The highest BCUT2D eigenvalue weighted by Gasteiger charge is 2.15. The highest BCUT2D eigenvalue weighted by atomic mass is 16.4. The monoisotopic (exact) mass is 192 g/mol. The third kappa shape index (κ3) is 2.34. The summed E-state index contributed by atoms with van der Waals surface area (Å²) in [6, 6.07) is 7.78. The summed E-state index contributed by atoms with van der Waals surface area (Å²) in [4.78, 5) is 10.9. The Kier molecular flexibility index (Phi) is 3.69. The predicted octanol–water partition coefficient (Wildman–Crippen LogP) is 2.83. The zero-order valence-electron chi connectivity index (χ0n) is 8.66. The minimum Gasteiger partial charge on any atom is -0.481 e. The first-order valence-electron chi connectivity index (χ1n) is 4.97. The maximum absolute atomic E-state index is 10.9. The summed E-state index contributed by atoms with van der Waals surface area (Å²) in [6.45, 7) is 3.83. The Balaban J connectivity index is 3.00. The maximum atomic E-state index is 10.9. The molecule has 0 saturated heterocycles. The van der Waals surface area contributed by atoms with Crippen LogP contribution in [0.4, 0.5) is 0 Å². The molecule has 1 atom stereocenters. The van der Waals surface area contributed by atoms with Crippen molar-refractivity contribution in [1.29, 1.82) is 0 Å². The zero-order valence-corrected chi connectivity index (χ0v) is 8.66. The Morgan fingerprint density at radius 3 is 2.64 bits per heavy atom. The molecular formula is C12H16O2. The highest BCUT2D eigenvalue weighted by molar-refractivity contribution is 5.76. The molecule has 2 heteroatoms. The fourth-order valence-electron chi connectivity index (χ4n) is 1.59. The van der Waals surface area contributed by atoms with Gasteiger partial charge in [0, 0.05) is 0 Å². The lowest BCUT2D eigenvalue weighted by Crippen LogP contribution is -2.09. The van der Waals surface area contributed by atoms with E-state index in [1.807, 2.05) is 24.3 Å². The molecule has 1 unspecified atom stereocenters. The van der Waals surface area contributed by atoms with Crippen LogP contribution in [0.25, 0.3) is 0 Å². The average Bonchev–Trinajstić information content (AvgIpc) is 2.18. The van der Waals surface area contributed by atoms with Gasteiger partial charge in [0.15, 0.2) is 0 Å². The summed E-state index contributed by atoms with van der Waals surface area (Å²) in [5, 5.41) is 8.93. The molecule has 76 valence electrons. The van der Waals surface area contributed by atoms with Crippen LogP contribution in [0.5, 0.6) is 0 Å². The summed E-state index contributed by atoms with van der Waals surface area (Å²) < 4.78 is 0. The summed E-state index contributed by atoms with van der Waals surface area (Å²) in [6.07, 6.45) is 2.00. The third-order valence-electron chi connectivity index (χ3n) is 2.41. The normalized spacial score (nSPS) is 12.4. The predicted molar refractivity (Wildman–Crippen MR) is 56.5 cm³/mol. The van der Waals surface area contributed by atoms with E-state index in [0.717, 1.165) is 24.0 Å². The molecule has 0 heterocycles. The first kappa shape index (κ1) is 10.8. The lowest BCUT2D eigenvalue weighted by Gasteiger charge is -2.11. The average molecular weight is 192 g/mol. The van der Waals surface area contributed by atoms with Crippen LogP contribution in [-0.2, 0) is 11.2 Å². The fraction of sp³-hybridized carbons (Fsp3) is 0.417. The van der Waals surface area contributed by atoms with Crippen molar-refractivity contribution in [3.63, 3.8) is 0 Å². The molecule has 1 aromatic carbocycles. The molecule has 0 saturated carbocycles. The molecule has 14 heavy (non-hydrogen) atoms. The number of carbonyl (C=O) groups is 1. The summed E-state index contributed by atoms with van der Waals surface area (Å²) in [5.41, 5.74) is 2.10. The van der Waals surface area contributed by atoms with E-state index in [-0.39, 0.29) is 0 Å².